The van der Waals surface area contributed by atoms with Gasteiger partial charge in [0.15, 0.2) is 0 Å². The van der Waals surface area contributed by atoms with E-state index >= 15 is 0 Å². The average molecular weight is 355 g/mol. The Balaban J connectivity index is 2.00. The lowest BCUT2D eigenvalue weighted by atomic mass is 9.92. The van der Waals surface area contributed by atoms with Gasteiger partial charge in [-0.3, -0.25) is 4.79 Å². The minimum atomic E-state index is -0.452. The highest BCUT2D eigenvalue weighted by molar-refractivity contribution is 9.10. The maximum absolute atomic E-state index is 11.7. The minimum absolute atomic E-state index is 0.260. The Kier molecular flexibility index (Phi) is 5.79. The van der Waals surface area contributed by atoms with Crippen molar-refractivity contribution in [3.63, 3.8) is 0 Å². The standard InChI is InChI=1S/C16H23BrN2O2/c1-10(2)15-12(7-8-21-15)9-19-14(16(18)20)11-3-5-13(17)6-4-11/h3-6,10,12,14-15,19H,7-9H2,1-2H3,(H2,18,20)/t12-,14+,15-/m1/s1. The summed E-state index contributed by atoms with van der Waals surface area (Å²) in [5.74, 6) is 0.568. The Morgan fingerprint density at radius 1 is 1.43 bits per heavy atom. The molecule has 1 aliphatic rings. The number of amides is 1. The van der Waals surface area contributed by atoms with E-state index in [0.717, 1.165) is 29.6 Å². The molecule has 0 radical (unpaired) electrons. The van der Waals surface area contributed by atoms with Crippen molar-refractivity contribution in [3.8, 4) is 0 Å². The first-order valence-corrected chi connectivity index (χ1v) is 8.18. The van der Waals surface area contributed by atoms with E-state index in [4.69, 9.17) is 10.5 Å². The third-order valence-electron chi connectivity index (χ3n) is 3.99. The van der Waals surface area contributed by atoms with Crippen molar-refractivity contribution in [2.24, 2.45) is 17.6 Å². The van der Waals surface area contributed by atoms with Crippen molar-refractivity contribution in [2.75, 3.05) is 13.2 Å². The summed E-state index contributed by atoms with van der Waals surface area (Å²) in [5.41, 5.74) is 6.44. The third-order valence-corrected chi connectivity index (χ3v) is 4.52. The molecular weight excluding hydrogens is 332 g/mol. The first kappa shape index (κ1) is 16.5. The van der Waals surface area contributed by atoms with Gasteiger partial charge in [0, 0.05) is 23.5 Å². The van der Waals surface area contributed by atoms with Crippen LogP contribution in [0, 0.1) is 11.8 Å². The molecule has 0 aromatic heterocycles. The van der Waals surface area contributed by atoms with Crippen LogP contribution in [0.4, 0.5) is 0 Å². The molecule has 21 heavy (non-hydrogen) atoms. The predicted molar refractivity (Wildman–Crippen MR) is 86.8 cm³/mol. The smallest absolute Gasteiger partial charge is 0.239 e. The van der Waals surface area contributed by atoms with Crippen LogP contribution < -0.4 is 11.1 Å². The number of carbonyl (C=O) groups excluding carboxylic acids is 1. The number of nitrogens with one attached hydrogen (secondary N) is 1. The lowest BCUT2D eigenvalue weighted by Gasteiger charge is -2.24. The molecule has 0 saturated carbocycles. The zero-order valence-corrected chi connectivity index (χ0v) is 14.1. The first-order valence-electron chi connectivity index (χ1n) is 7.38. The van der Waals surface area contributed by atoms with Gasteiger partial charge >= 0.3 is 0 Å². The molecule has 1 aromatic rings. The highest BCUT2D eigenvalue weighted by atomic mass is 79.9. The summed E-state index contributed by atoms with van der Waals surface area (Å²) in [6.07, 6.45) is 1.29. The van der Waals surface area contributed by atoms with Crippen LogP contribution in [-0.4, -0.2) is 25.2 Å². The Morgan fingerprint density at radius 2 is 2.10 bits per heavy atom. The third kappa shape index (κ3) is 4.28. The number of halogens is 1. The van der Waals surface area contributed by atoms with Crippen LogP contribution >= 0.6 is 15.9 Å². The quantitative estimate of drug-likeness (QED) is 0.825. The number of primary amides is 1. The van der Waals surface area contributed by atoms with Crippen LogP contribution in [-0.2, 0) is 9.53 Å². The Morgan fingerprint density at radius 3 is 2.67 bits per heavy atom. The van der Waals surface area contributed by atoms with Gasteiger partial charge in [0.1, 0.15) is 6.04 Å². The predicted octanol–water partition coefficient (Wildman–Crippen LogP) is 2.63. The highest BCUT2D eigenvalue weighted by Gasteiger charge is 2.31. The monoisotopic (exact) mass is 354 g/mol. The molecule has 0 bridgehead atoms. The minimum Gasteiger partial charge on any atom is -0.378 e. The summed E-state index contributed by atoms with van der Waals surface area (Å²) in [4.78, 5) is 11.7. The molecule has 1 aromatic carbocycles. The molecule has 1 heterocycles. The molecule has 3 N–H and O–H groups in total. The SMILES string of the molecule is CC(C)[C@H]1OCC[C@@H]1CN[C@H](C(N)=O)c1ccc(Br)cc1. The highest BCUT2D eigenvalue weighted by Crippen LogP contribution is 2.27. The Bertz CT molecular complexity index is 476. The van der Waals surface area contributed by atoms with Gasteiger partial charge in [0.25, 0.3) is 0 Å². The molecule has 2 rings (SSSR count). The van der Waals surface area contributed by atoms with Crippen molar-refractivity contribution in [1.29, 1.82) is 0 Å². The van der Waals surface area contributed by atoms with Gasteiger partial charge in [-0.15, -0.1) is 0 Å². The van der Waals surface area contributed by atoms with Gasteiger partial charge in [-0.1, -0.05) is 41.9 Å². The molecule has 5 heteroatoms. The first-order chi connectivity index (χ1) is 9.99. The van der Waals surface area contributed by atoms with Crippen LogP contribution in [0.25, 0.3) is 0 Å². The zero-order valence-electron chi connectivity index (χ0n) is 12.5. The topological polar surface area (TPSA) is 64.3 Å². The van der Waals surface area contributed by atoms with E-state index < -0.39 is 6.04 Å². The maximum atomic E-state index is 11.7. The van der Waals surface area contributed by atoms with Crippen LogP contribution in [0.15, 0.2) is 28.7 Å². The van der Waals surface area contributed by atoms with E-state index in [2.05, 4.69) is 35.1 Å². The second kappa shape index (κ2) is 7.38. The van der Waals surface area contributed by atoms with E-state index in [1.165, 1.54) is 0 Å². The van der Waals surface area contributed by atoms with Gasteiger partial charge in [-0.2, -0.15) is 0 Å². The summed E-state index contributed by atoms with van der Waals surface area (Å²) in [7, 11) is 0. The molecule has 1 amide bonds. The van der Waals surface area contributed by atoms with Crippen molar-refractivity contribution < 1.29 is 9.53 Å². The van der Waals surface area contributed by atoms with Crippen LogP contribution in [0.1, 0.15) is 31.9 Å². The lowest BCUT2D eigenvalue weighted by Crippen LogP contribution is -2.39. The molecule has 1 saturated heterocycles. The largest absolute Gasteiger partial charge is 0.378 e. The van der Waals surface area contributed by atoms with Gasteiger partial charge in [-0.25, -0.2) is 0 Å². The molecule has 0 spiro atoms. The van der Waals surface area contributed by atoms with Crippen LogP contribution in [0.3, 0.4) is 0 Å². The van der Waals surface area contributed by atoms with Gasteiger partial charge < -0.3 is 15.8 Å². The second-order valence-corrected chi connectivity index (χ2v) is 6.84. The van der Waals surface area contributed by atoms with E-state index in [1.54, 1.807) is 0 Å². The van der Waals surface area contributed by atoms with Crippen LogP contribution in [0.5, 0.6) is 0 Å². The number of hydrogen-bond acceptors (Lipinski definition) is 3. The fourth-order valence-electron chi connectivity index (χ4n) is 2.92. The molecule has 1 fully saturated rings. The second-order valence-electron chi connectivity index (χ2n) is 5.92. The van der Waals surface area contributed by atoms with E-state index in [9.17, 15) is 4.79 Å². The number of carbonyl (C=O) groups is 1. The summed E-state index contributed by atoms with van der Waals surface area (Å²) in [5, 5.41) is 3.31. The maximum Gasteiger partial charge on any atom is 0.239 e. The normalized spacial score (nSPS) is 23.4. The molecule has 3 atom stereocenters. The summed E-state index contributed by atoms with van der Waals surface area (Å²) < 4.78 is 6.76. The summed E-state index contributed by atoms with van der Waals surface area (Å²) in [6, 6.07) is 7.21. The number of benzene rings is 1. The Hall–Kier alpha value is -0.910. The van der Waals surface area contributed by atoms with Crippen molar-refractivity contribution >= 4 is 21.8 Å². The van der Waals surface area contributed by atoms with E-state index in [1.807, 2.05) is 24.3 Å². The zero-order chi connectivity index (χ0) is 15.4. The average Bonchev–Trinajstić information content (AvgIpc) is 2.89. The molecule has 4 nitrogen and oxygen atoms in total. The number of ether oxygens (including phenoxy) is 1. The van der Waals surface area contributed by atoms with Gasteiger partial charge in [0.05, 0.1) is 6.10 Å². The number of hydrogen-bond donors (Lipinski definition) is 2. The van der Waals surface area contributed by atoms with Crippen molar-refractivity contribution in [1.82, 2.24) is 5.32 Å². The summed E-state index contributed by atoms with van der Waals surface area (Å²) >= 11 is 3.40. The fraction of sp³-hybridized carbons (Fsp3) is 0.562. The van der Waals surface area contributed by atoms with Crippen LogP contribution in [0.2, 0.25) is 0 Å². The number of rotatable bonds is 6. The van der Waals surface area contributed by atoms with Gasteiger partial charge in [0.2, 0.25) is 5.91 Å². The Labute approximate surface area is 134 Å². The lowest BCUT2D eigenvalue weighted by molar-refractivity contribution is -0.120. The molecule has 0 unspecified atom stereocenters. The summed E-state index contributed by atoms with van der Waals surface area (Å²) in [6.45, 7) is 5.88. The fourth-order valence-corrected chi connectivity index (χ4v) is 3.18. The molecule has 1 aliphatic heterocycles. The van der Waals surface area contributed by atoms with Gasteiger partial charge in [-0.05, 0) is 30.0 Å². The molecular formula is C16H23BrN2O2. The van der Waals surface area contributed by atoms with Crippen molar-refractivity contribution in [2.45, 2.75) is 32.4 Å². The molecule has 0 aliphatic carbocycles. The molecule has 116 valence electrons. The van der Waals surface area contributed by atoms with E-state index in [0.29, 0.717) is 11.8 Å². The van der Waals surface area contributed by atoms with E-state index in [-0.39, 0.29) is 12.0 Å². The van der Waals surface area contributed by atoms with Crippen molar-refractivity contribution in [3.05, 3.63) is 34.3 Å². The number of nitrogens with two attached hydrogens (primary N) is 1.